The third kappa shape index (κ3) is 2.16. The minimum Gasteiger partial charge on any atom is -0.397 e. The Kier molecular flexibility index (Phi) is 3.59. The fourth-order valence-electron chi connectivity index (χ4n) is 0.918. The van der Waals surface area contributed by atoms with Crippen LogP contribution in [-0.2, 0) is 0 Å². The molecule has 0 fully saturated rings. The van der Waals surface area contributed by atoms with Crippen LogP contribution in [-0.4, -0.2) is 11.1 Å². The van der Waals surface area contributed by atoms with Crippen LogP contribution in [0.5, 0.6) is 0 Å². The van der Waals surface area contributed by atoms with Crippen LogP contribution in [0.3, 0.4) is 0 Å². The Morgan fingerprint density at radius 2 is 1.92 bits per heavy atom. The lowest BCUT2D eigenvalue weighted by molar-refractivity contribution is 0.102. The lowest BCUT2D eigenvalue weighted by Gasteiger charge is -2.06. The van der Waals surface area contributed by atoms with E-state index >= 15 is 0 Å². The van der Waals surface area contributed by atoms with Gasteiger partial charge in [-0.15, -0.1) is 0 Å². The number of ketones is 1. The maximum absolute atomic E-state index is 11.3. The molecule has 0 aromatic heterocycles. The number of anilines is 1. The number of halogens is 3. The van der Waals surface area contributed by atoms with E-state index in [1.165, 1.54) is 0 Å². The van der Waals surface area contributed by atoms with Gasteiger partial charge < -0.3 is 5.73 Å². The van der Waals surface area contributed by atoms with Crippen molar-refractivity contribution in [2.24, 2.45) is 0 Å². The molecule has 13 heavy (non-hydrogen) atoms. The first kappa shape index (κ1) is 10.8. The lowest BCUT2D eigenvalue weighted by atomic mass is 10.1. The molecule has 5 heteroatoms. The molecule has 2 N–H and O–H groups in total. The first-order valence-electron chi connectivity index (χ1n) is 3.40. The molecule has 0 saturated heterocycles. The maximum Gasteiger partial charge on any atom is 0.177 e. The number of benzene rings is 1. The Morgan fingerprint density at radius 3 is 2.46 bits per heavy atom. The van der Waals surface area contributed by atoms with Crippen LogP contribution >= 0.6 is 39.1 Å². The quantitative estimate of drug-likeness (QED) is 0.514. The number of carbonyl (C=O) groups excluding carboxylic acids is 1. The molecule has 0 aliphatic carbocycles. The van der Waals surface area contributed by atoms with Crippen molar-refractivity contribution in [2.45, 2.75) is 0 Å². The van der Waals surface area contributed by atoms with E-state index in [2.05, 4.69) is 15.9 Å². The Labute approximate surface area is 94.1 Å². The number of hydrogen-bond donors (Lipinski definition) is 1. The van der Waals surface area contributed by atoms with Crippen LogP contribution in [0.15, 0.2) is 12.1 Å². The minimum atomic E-state index is -0.176. The number of Topliss-reactive ketones (excluding diaryl/α,β-unsaturated/α-hetero) is 1. The third-order valence-corrected chi connectivity index (χ3v) is 2.70. The van der Waals surface area contributed by atoms with E-state index in [0.717, 1.165) is 0 Å². The van der Waals surface area contributed by atoms with Crippen molar-refractivity contribution in [1.29, 1.82) is 0 Å². The van der Waals surface area contributed by atoms with Gasteiger partial charge in [0.25, 0.3) is 0 Å². The molecule has 0 heterocycles. The van der Waals surface area contributed by atoms with E-state index in [9.17, 15) is 4.79 Å². The van der Waals surface area contributed by atoms with Gasteiger partial charge in [-0.05, 0) is 12.1 Å². The summed E-state index contributed by atoms with van der Waals surface area (Å²) in [5, 5.41) is 0.845. The summed E-state index contributed by atoms with van der Waals surface area (Å²) < 4.78 is 0. The Morgan fingerprint density at radius 1 is 1.38 bits per heavy atom. The van der Waals surface area contributed by atoms with Crippen molar-refractivity contribution in [3.63, 3.8) is 0 Å². The average Bonchev–Trinajstić information content (AvgIpc) is 2.12. The normalized spacial score (nSPS) is 10.1. The van der Waals surface area contributed by atoms with Gasteiger partial charge in [-0.3, -0.25) is 4.79 Å². The largest absolute Gasteiger partial charge is 0.397 e. The monoisotopic (exact) mass is 281 g/mol. The van der Waals surface area contributed by atoms with E-state index in [4.69, 9.17) is 28.9 Å². The second kappa shape index (κ2) is 4.31. The predicted octanol–water partition coefficient (Wildman–Crippen LogP) is 3.15. The molecule has 0 atom stereocenters. The average molecular weight is 283 g/mol. The molecule has 0 unspecified atom stereocenters. The van der Waals surface area contributed by atoms with Crippen LogP contribution in [0.1, 0.15) is 10.4 Å². The Bertz CT molecular complexity index is 354. The van der Waals surface area contributed by atoms with E-state index in [-0.39, 0.29) is 22.4 Å². The molecule has 0 aliphatic rings. The maximum atomic E-state index is 11.3. The van der Waals surface area contributed by atoms with Crippen LogP contribution in [0.4, 0.5) is 5.69 Å². The number of alkyl halides is 1. The highest BCUT2D eigenvalue weighted by Gasteiger charge is 2.14. The van der Waals surface area contributed by atoms with Gasteiger partial charge in [-0.25, -0.2) is 0 Å². The predicted molar refractivity (Wildman–Crippen MR) is 59.0 cm³/mol. The molecule has 0 amide bonds. The zero-order valence-corrected chi connectivity index (χ0v) is 9.58. The van der Waals surface area contributed by atoms with Crippen LogP contribution in [0.2, 0.25) is 10.0 Å². The highest BCUT2D eigenvalue weighted by atomic mass is 79.9. The van der Waals surface area contributed by atoms with Gasteiger partial charge in [0, 0.05) is 0 Å². The second-order valence-electron chi connectivity index (χ2n) is 2.37. The van der Waals surface area contributed by atoms with E-state index in [1.807, 2.05) is 0 Å². The molecule has 1 aromatic rings. The zero-order chi connectivity index (χ0) is 10.0. The van der Waals surface area contributed by atoms with E-state index < -0.39 is 0 Å². The fraction of sp³-hybridized carbons (Fsp3) is 0.125. The second-order valence-corrected chi connectivity index (χ2v) is 3.75. The Balaban J connectivity index is 3.33. The summed E-state index contributed by atoms with van der Waals surface area (Å²) in [7, 11) is 0. The first-order chi connectivity index (χ1) is 6.07. The number of nitrogen functional groups attached to an aromatic ring is 1. The van der Waals surface area contributed by atoms with Crippen LogP contribution in [0, 0.1) is 0 Å². The summed E-state index contributed by atoms with van der Waals surface area (Å²) in [6.07, 6.45) is 0. The van der Waals surface area contributed by atoms with Gasteiger partial charge in [-0.2, -0.15) is 0 Å². The molecule has 2 nitrogen and oxygen atoms in total. The van der Waals surface area contributed by atoms with Crippen molar-refractivity contribution in [3.8, 4) is 0 Å². The van der Waals surface area contributed by atoms with Gasteiger partial charge in [-0.1, -0.05) is 39.1 Å². The number of rotatable bonds is 2. The van der Waals surface area contributed by atoms with Crippen molar-refractivity contribution in [2.75, 3.05) is 11.1 Å². The van der Waals surface area contributed by atoms with Crippen molar-refractivity contribution in [1.82, 2.24) is 0 Å². The smallest absolute Gasteiger partial charge is 0.177 e. The SMILES string of the molecule is Nc1c(Cl)ccc(Cl)c1C(=O)CBr. The molecule has 0 saturated carbocycles. The summed E-state index contributed by atoms with van der Waals surface area (Å²) in [5.74, 6) is -0.176. The molecule has 1 aromatic carbocycles. The molecule has 0 radical (unpaired) electrons. The summed E-state index contributed by atoms with van der Waals surface area (Å²) >= 11 is 14.6. The minimum absolute atomic E-state index is 0.176. The van der Waals surface area contributed by atoms with Gasteiger partial charge in [0.05, 0.1) is 26.6 Å². The molecule has 0 spiro atoms. The van der Waals surface area contributed by atoms with Gasteiger partial charge in [0.1, 0.15) is 0 Å². The third-order valence-electron chi connectivity index (χ3n) is 1.54. The summed E-state index contributed by atoms with van der Waals surface area (Å²) in [5.41, 5.74) is 6.12. The Hall–Kier alpha value is -0.250. The summed E-state index contributed by atoms with van der Waals surface area (Å²) in [6.45, 7) is 0. The van der Waals surface area contributed by atoms with Gasteiger partial charge in [0.2, 0.25) is 0 Å². The van der Waals surface area contributed by atoms with Crippen LogP contribution in [0.25, 0.3) is 0 Å². The van der Waals surface area contributed by atoms with Gasteiger partial charge >= 0.3 is 0 Å². The highest BCUT2D eigenvalue weighted by Crippen LogP contribution is 2.29. The number of carbonyl (C=O) groups is 1. The summed E-state index contributed by atoms with van der Waals surface area (Å²) in [4.78, 5) is 11.3. The standard InChI is InChI=1S/C8H6BrCl2NO/c9-3-6(13)7-4(10)1-2-5(11)8(7)12/h1-2H,3,12H2. The highest BCUT2D eigenvalue weighted by molar-refractivity contribution is 9.09. The van der Waals surface area contributed by atoms with Crippen LogP contribution < -0.4 is 5.73 Å². The molecule has 1 rings (SSSR count). The van der Waals surface area contributed by atoms with Crippen molar-refractivity contribution >= 4 is 50.6 Å². The molecule has 70 valence electrons. The zero-order valence-electron chi connectivity index (χ0n) is 6.48. The lowest BCUT2D eigenvalue weighted by Crippen LogP contribution is -2.06. The summed E-state index contributed by atoms with van der Waals surface area (Å²) in [6, 6.07) is 3.11. The molecular weight excluding hydrogens is 277 g/mol. The number of nitrogens with two attached hydrogens (primary N) is 1. The topological polar surface area (TPSA) is 43.1 Å². The first-order valence-corrected chi connectivity index (χ1v) is 5.28. The van der Waals surface area contributed by atoms with Gasteiger partial charge in [0.15, 0.2) is 5.78 Å². The molecule has 0 bridgehead atoms. The molecular formula is C8H6BrCl2NO. The van der Waals surface area contributed by atoms with E-state index in [1.54, 1.807) is 12.1 Å². The fourth-order valence-corrected chi connectivity index (χ4v) is 1.63. The van der Waals surface area contributed by atoms with E-state index in [0.29, 0.717) is 10.0 Å². The molecule has 0 aliphatic heterocycles. The van der Waals surface area contributed by atoms with Crippen molar-refractivity contribution in [3.05, 3.63) is 27.7 Å². The van der Waals surface area contributed by atoms with Crippen molar-refractivity contribution < 1.29 is 4.79 Å². The number of hydrogen-bond acceptors (Lipinski definition) is 2.